The number of pyridine rings is 2. The number of nitrogens with zero attached hydrogens (tertiary/aromatic N) is 5. The molecule has 36 heavy (non-hydrogen) atoms. The molecule has 0 fully saturated rings. The average Bonchev–Trinajstić information content (AvgIpc) is 3.44. The molecule has 0 bridgehead atoms. The van der Waals surface area contributed by atoms with Crippen LogP contribution in [0.5, 0.6) is 0 Å². The fourth-order valence-electron chi connectivity index (χ4n) is 3.88. The van der Waals surface area contributed by atoms with Crippen molar-refractivity contribution in [2.45, 2.75) is 30.0 Å². The second kappa shape index (κ2) is 9.04. The number of alkyl halides is 2. The van der Waals surface area contributed by atoms with Crippen molar-refractivity contribution in [3.05, 3.63) is 89.3 Å². The number of halogens is 4. The molecule has 2 atom stereocenters. The molecule has 0 spiro atoms. The molecular formula is C22H15F4N5O4S. The molecule has 3 aromatic heterocycles. The van der Waals surface area contributed by atoms with E-state index in [9.17, 15) is 31.1 Å². The molecule has 1 aliphatic heterocycles. The summed E-state index contributed by atoms with van der Waals surface area (Å²) in [6.07, 6.45) is -2.86. The molecule has 0 aliphatic carbocycles. The third kappa shape index (κ3) is 4.23. The first-order valence-corrected chi connectivity index (χ1v) is 11.8. The fourth-order valence-corrected chi connectivity index (χ4v) is 5.70. The number of fused-ring (bicyclic) bond motifs is 1. The number of rotatable bonds is 6. The molecule has 4 heterocycles. The summed E-state index contributed by atoms with van der Waals surface area (Å²) < 4.78 is 85.6. The van der Waals surface area contributed by atoms with Gasteiger partial charge in [-0.1, -0.05) is 6.07 Å². The smallest absolute Gasteiger partial charge is 0.314 e. The summed E-state index contributed by atoms with van der Waals surface area (Å²) in [5, 5.41) is 17.9. The topological polar surface area (TPSA) is 122 Å². The molecule has 2 unspecified atom stereocenters. The first kappa shape index (κ1) is 24.0. The van der Waals surface area contributed by atoms with E-state index in [0.717, 1.165) is 28.8 Å². The summed E-state index contributed by atoms with van der Waals surface area (Å²) in [6, 6.07) is 7.25. The lowest BCUT2D eigenvalue weighted by molar-refractivity contribution is 0.0825. The highest BCUT2D eigenvalue weighted by Gasteiger charge is 2.44. The van der Waals surface area contributed by atoms with Gasteiger partial charge < -0.3 is 9.52 Å². The third-order valence-electron chi connectivity index (χ3n) is 5.57. The van der Waals surface area contributed by atoms with Crippen LogP contribution in [0.4, 0.5) is 17.6 Å². The van der Waals surface area contributed by atoms with Gasteiger partial charge in [0, 0.05) is 12.1 Å². The SMILES string of the molecule is O=S1(=O)c2cc(-c3nnc(C(F)F)o3)ccc2CN1C(c1ccc(F)cn1)C(O)c1ccc(F)cn1. The molecular weight excluding hydrogens is 506 g/mol. The summed E-state index contributed by atoms with van der Waals surface area (Å²) >= 11 is 0. The van der Waals surface area contributed by atoms with Crippen LogP contribution >= 0.6 is 0 Å². The quantitative estimate of drug-likeness (QED) is 0.381. The van der Waals surface area contributed by atoms with Gasteiger partial charge >= 0.3 is 6.43 Å². The van der Waals surface area contributed by atoms with Crippen molar-refractivity contribution in [1.29, 1.82) is 0 Å². The van der Waals surface area contributed by atoms with E-state index < -0.39 is 46.1 Å². The Bertz CT molecular complexity index is 1510. The number of aromatic nitrogens is 4. The van der Waals surface area contributed by atoms with Crippen LogP contribution < -0.4 is 0 Å². The van der Waals surface area contributed by atoms with Gasteiger partial charge in [-0.25, -0.2) is 17.2 Å². The summed E-state index contributed by atoms with van der Waals surface area (Å²) in [7, 11) is -4.31. The van der Waals surface area contributed by atoms with Crippen LogP contribution in [0.15, 0.2) is 64.2 Å². The molecule has 9 nitrogen and oxygen atoms in total. The normalized spacial score (nSPS) is 16.7. The number of hydrogen-bond acceptors (Lipinski definition) is 8. The molecule has 4 aromatic rings. The minimum atomic E-state index is -4.31. The highest BCUT2D eigenvalue weighted by Crippen LogP contribution is 2.43. The molecule has 0 saturated heterocycles. The van der Waals surface area contributed by atoms with E-state index in [0.29, 0.717) is 5.56 Å². The minimum absolute atomic E-state index is 0.0186. The van der Waals surface area contributed by atoms with Gasteiger partial charge in [-0.3, -0.25) is 9.97 Å². The highest BCUT2D eigenvalue weighted by molar-refractivity contribution is 7.89. The van der Waals surface area contributed by atoms with Crippen LogP contribution in [-0.4, -0.2) is 38.0 Å². The third-order valence-corrected chi connectivity index (χ3v) is 7.48. The lowest BCUT2D eigenvalue weighted by Gasteiger charge is -2.29. The van der Waals surface area contributed by atoms with Gasteiger partial charge in [0.15, 0.2) is 0 Å². The van der Waals surface area contributed by atoms with Crippen molar-refractivity contribution < 1.29 is 35.5 Å². The molecule has 0 saturated carbocycles. The Morgan fingerprint density at radius 2 is 1.61 bits per heavy atom. The van der Waals surface area contributed by atoms with Gasteiger partial charge in [-0.2, -0.15) is 13.1 Å². The molecule has 14 heteroatoms. The zero-order valence-electron chi connectivity index (χ0n) is 18.0. The van der Waals surface area contributed by atoms with Gasteiger partial charge in [0.1, 0.15) is 17.7 Å². The summed E-state index contributed by atoms with van der Waals surface area (Å²) in [5.74, 6) is -2.54. The summed E-state index contributed by atoms with van der Waals surface area (Å²) in [4.78, 5) is 7.62. The summed E-state index contributed by atoms with van der Waals surface area (Å²) in [6.45, 7) is -0.202. The first-order chi connectivity index (χ1) is 17.1. The van der Waals surface area contributed by atoms with Gasteiger partial charge in [-0.15, -0.1) is 10.2 Å². The number of hydrogen-bond donors (Lipinski definition) is 1. The number of aliphatic hydroxyl groups is 1. The zero-order chi connectivity index (χ0) is 25.6. The molecule has 5 rings (SSSR count). The Labute approximate surface area is 201 Å². The molecule has 1 aliphatic rings. The first-order valence-electron chi connectivity index (χ1n) is 10.3. The second-order valence-corrected chi connectivity index (χ2v) is 9.67. The lowest BCUT2D eigenvalue weighted by atomic mass is 10.0. The van der Waals surface area contributed by atoms with Gasteiger partial charge in [0.2, 0.25) is 15.9 Å². The summed E-state index contributed by atoms with van der Waals surface area (Å²) in [5.41, 5.74) is 0.407. The molecule has 0 radical (unpaired) electrons. The van der Waals surface area contributed by atoms with E-state index in [2.05, 4.69) is 20.2 Å². The maximum Gasteiger partial charge on any atom is 0.314 e. The Morgan fingerprint density at radius 1 is 0.944 bits per heavy atom. The zero-order valence-corrected chi connectivity index (χ0v) is 18.8. The maximum atomic E-state index is 13.6. The van der Waals surface area contributed by atoms with Crippen molar-refractivity contribution in [3.8, 4) is 11.5 Å². The Kier molecular flexibility index (Phi) is 6.02. The van der Waals surface area contributed by atoms with Crippen molar-refractivity contribution >= 4 is 10.0 Å². The minimum Gasteiger partial charge on any atom is -0.415 e. The lowest BCUT2D eigenvalue weighted by Crippen LogP contribution is -2.34. The van der Waals surface area contributed by atoms with E-state index in [-0.39, 0.29) is 34.3 Å². The highest BCUT2D eigenvalue weighted by atomic mass is 32.2. The van der Waals surface area contributed by atoms with Crippen molar-refractivity contribution in [3.63, 3.8) is 0 Å². The van der Waals surface area contributed by atoms with Crippen LogP contribution in [0.2, 0.25) is 0 Å². The molecule has 186 valence electrons. The van der Waals surface area contributed by atoms with E-state index in [4.69, 9.17) is 4.42 Å². The average molecular weight is 521 g/mol. The number of aliphatic hydroxyl groups excluding tert-OH is 1. The monoisotopic (exact) mass is 521 g/mol. The predicted molar refractivity (Wildman–Crippen MR) is 114 cm³/mol. The molecule has 1 N–H and O–H groups in total. The van der Waals surface area contributed by atoms with Crippen LogP contribution in [0.3, 0.4) is 0 Å². The van der Waals surface area contributed by atoms with Crippen molar-refractivity contribution in [2.75, 3.05) is 0 Å². The number of sulfonamides is 1. The standard InChI is InChI=1S/C22H15F4N5O4S/c23-13-3-5-15(27-8-13)18(19(32)16-6-4-14(24)9-28-16)31-10-12-2-1-11(7-17(12)36(31,33)34)21-29-30-22(35-21)20(25)26/h1-9,18-20,32H,10H2. The van der Waals surface area contributed by atoms with Crippen LogP contribution in [-0.2, 0) is 16.6 Å². The van der Waals surface area contributed by atoms with E-state index >= 15 is 0 Å². The predicted octanol–water partition coefficient (Wildman–Crippen LogP) is 3.72. The number of benzene rings is 1. The van der Waals surface area contributed by atoms with Crippen molar-refractivity contribution in [1.82, 2.24) is 24.5 Å². The van der Waals surface area contributed by atoms with Crippen LogP contribution in [0.25, 0.3) is 11.5 Å². The largest absolute Gasteiger partial charge is 0.415 e. The Hall–Kier alpha value is -3.75. The van der Waals surface area contributed by atoms with Crippen LogP contribution in [0.1, 0.15) is 41.4 Å². The van der Waals surface area contributed by atoms with Gasteiger partial charge in [-0.05, 0) is 42.0 Å². The maximum absolute atomic E-state index is 13.6. The van der Waals surface area contributed by atoms with Crippen molar-refractivity contribution in [2.24, 2.45) is 0 Å². The van der Waals surface area contributed by atoms with Gasteiger partial charge in [0.05, 0.1) is 34.7 Å². The van der Waals surface area contributed by atoms with E-state index in [1.807, 2.05) is 0 Å². The Balaban J connectivity index is 1.56. The van der Waals surface area contributed by atoms with E-state index in [1.54, 1.807) is 0 Å². The van der Waals surface area contributed by atoms with E-state index in [1.165, 1.54) is 30.3 Å². The fraction of sp³-hybridized carbons (Fsp3) is 0.182. The Morgan fingerprint density at radius 3 is 2.19 bits per heavy atom. The van der Waals surface area contributed by atoms with Gasteiger partial charge in [0.25, 0.3) is 5.89 Å². The van der Waals surface area contributed by atoms with Crippen LogP contribution in [0, 0.1) is 11.6 Å². The molecule has 0 amide bonds. The molecule has 1 aromatic carbocycles. The second-order valence-electron chi connectivity index (χ2n) is 7.81.